The highest BCUT2D eigenvalue weighted by molar-refractivity contribution is 7.21. The molecule has 0 radical (unpaired) electrons. The van der Waals surface area contributed by atoms with Gasteiger partial charge in [-0.25, -0.2) is 9.78 Å². The molecule has 0 aliphatic heterocycles. The van der Waals surface area contributed by atoms with Gasteiger partial charge in [0.05, 0.1) is 15.8 Å². The van der Waals surface area contributed by atoms with Crippen LogP contribution in [-0.2, 0) is 0 Å². The molecule has 0 unspecified atom stereocenters. The number of fused-ring (bicyclic) bond motifs is 1. The van der Waals surface area contributed by atoms with Gasteiger partial charge in [-0.3, -0.25) is 4.98 Å². The van der Waals surface area contributed by atoms with E-state index in [4.69, 9.17) is 5.11 Å². The number of pyridine rings is 1. The van der Waals surface area contributed by atoms with Crippen LogP contribution in [-0.4, -0.2) is 21.0 Å². The minimum atomic E-state index is -0.935. The van der Waals surface area contributed by atoms with Gasteiger partial charge in [0.25, 0.3) is 0 Å². The van der Waals surface area contributed by atoms with E-state index in [1.165, 1.54) is 11.3 Å². The van der Waals surface area contributed by atoms with E-state index in [1.54, 1.807) is 30.6 Å². The van der Waals surface area contributed by atoms with Crippen LogP contribution in [0, 0.1) is 0 Å². The molecule has 0 bridgehead atoms. The fourth-order valence-electron chi connectivity index (χ4n) is 1.68. The van der Waals surface area contributed by atoms with Gasteiger partial charge in [-0.1, -0.05) is 0 Å². The second-order valence-corrected chi connectivity index (χ2v) is 4.77. The lowest BCUT2D eigenvalue weighted by atomic mass is 10.2. The maximum atomic E-state index is 10.9. The Balaban J connectivity index is 2.14. The first-order valence-corrected chi connectivity index (χ1v) is 6.10. The van der Waals surface area contributed by atoms with Crippen molar-refractivity contribution in [2.75, 3.05) is 0 Å². The van der Waals surface area contributed by atoms with Crippen molar-refractivity contribution in [2.24, 2.45) is 0 Å². The van der Waals surface area contributed by atoms with Crippen LogP contribution in [0.4, 0.5) is 0 Å². The van der Waals surface area contributed by atoms with E-state index in [9.17, 15) is 4.79 Å². The number of carboxylic acid groups (broad SMARTS) is 1. The van der Waals surface area contributed by atoms with Crippen LogP contribution in [0.2, 0.25) is 0 Å². The highest BCUT2D eigenvalue weighted by atomic mass is 32.1. The first-order chi connectivity index (χ1) is 8.74. The molecule has 0 saturated heterocycles. The van der Waals surface area contributed by atoms with Gasteiger partial charge in [0, 0.05) is 18.0 Å². The summed E-state index contributed by atoms with van der Waals surface area (Å²) in [5, 5.41) is 9.81. The number of carbonyl (C=O) groups is 1. The standard InChI is InChI=1S/C13H8N2O2S/c16-13(17)9-1-2-11-10(7-9)15-12(18-11)8-3-5-14-6-4-8/h1-7H,(H,16,17). The third kappa shape index (κ3) is 1.84. The van der Waals surface area contributed by atoms with Gasteiger partial charge in [-0.15, -0.1) is 11.3 Å². The van der Waals surface area contributed by atoms with Crippen molar-refractivity contribution >= 4 is 27.5 Å². The molecule has 0 spiro atoms. The van der Waals surface area contributed by atoms with Crippen LogP contribution < -0.4 is 0 Å². The highest BCUT2D eigenvalue weighted by Gasteiger charge is 2.09. The number of hydrogen-bond acceptors (Lipinski definition) is 4. The van der Waals surface area contributed by atoms with E-state index in [2.05, 4.69) is 9.97 Å². The molecule has 2 aromatic heterocycles. The Labute approximate surface area is 107 Å². The maximum absolute atomic E-state index is 10.9. The molecule has 3 rings (SSSR count). The summed E-state index contributed by atoms with van der Waals surface area (Å²) < 4.78 is 0.979. The Morgan fingerprint density at radius 2 is 1.94 bits per heavy atom. The smallest absolute Gasteiger partial charge is 0.335 e. The Morgan fingerprint density at radius 1 is 1.17 bits per heavy atom. The SMILES string of the molecule is O=C(O)c1ccc2sc(-c3ccncc3)nc2c1. The molecule has 5 heteroatoms. The molecule has 2 heterocycles. The van der Waals surface area contributed by atoms with E-state index in [0.717, 1.165) is 15.3 Å². The lowest BCUT2D eigenvalue weighted by Gasteiger charge is -1.92. The molecule has 1 aromatic carbocycles. The van der Waals surface area contributed by atoms with Crippen LogP contribution in [0.25, 0.3) is 20.8 Å². The maximum Gasteiger partial charge on any atom is 0.335 e. The van der Waals surface area contributed by atoms with Crippen LogP contribution in [0.5, 0.6) is 0 Å². The van der Waals surface area contributed by atoms with E-state index in [-0.39, 0.29) is 5.56 Å². The molecular formula is C13H8N2O2S. The summed E-state index contributed by atoms with van der Waals surface area (Å²) in [7, 11) is 0. The average Bonchev–Trinajstić information content (AvgIpc) is 2.82. The summed E-state index contributed by atoms with van der Waals surface area (Å²) in [6, 6.07) is 8.75. The van der Waals surface area contributed by atoms with Crippen molar-refractivity contribution in [3.8, 4) is 10.6 Å². The molecule has 0 fully saturated rings. The largest absolute Gasteiger partial charge is 0.478 e. The predicted molar refractivity (Wildman–Crippen MR) is 69.8 cm³/mol. The molecule has 0 amide bonds. The number of hydrogen-bond donors (Lipinski definition) is 1. The van der Waals surface area contributed by atoms with Gasteiger partial charge in [-0.2, -0.15) is 0 Å². The van der Waals surface area contributed by atoms with E-state index < -0.39 is 5.97 Å². The normalized spacial score (nSPS) is 10.7. The van der Waals surface area contributed by atoms with Crippen LogP contribution >= 0.6 is 11.3 Å². The van der Waals surface area contributed by atoms with Crippen LogP contribution in [0.3, 0.4) is 0 Å². The van der Waals surface area contributed by atoms with Gasteiger partial charge in [-0.05, 0) is 30.3 Å². The van der Waals surface area contributed by atoms with E-state index in [1.807, 2.05) is 12.1 Å². The third-order valence-corrected chi connectivity index (χ3v) is 3.65. The van der Waals surface area contributed by atoms with E-state index >= 15 is 0 Å². The third-order valence-electron chi connectivity index (χ3n) is 2.56. The van der Waals surface area contributed by atoms with Gasteiger partial charge in [0.15, 0.2) is 0 Å². The summed E-state index contributed by atoms with van der Waals surface area (Å²) in [6.45, 7) is 0. The minimum Gasteiger partial charge on any atom is -0.478 e. The number of aromatic nitrogens is 2. The Morgan fingerprint density at radius 3 is 2.67 bits per heavy atom. The van der Waals surface area contributed by atoms with Crippen LogP contribution in [0.15, 0.2) is 42.7 Å². The fourth-order valence-corrected chi connectivity index (χ4v) is 2.63. The van der Waals surface area contributed by atoms with E-state index in [0.29, 0.717) is 5.52 Å². The lowest BCUT2D eigenvalue weighted by Crippen LogP contribution is -1.94. The second-order valence-electron chi connectivity index (χ2n) is 3.74. The Bertz CT molecular complexity index is 722. The van der Waals surface area contributed by atoms with Crippen molar-refractivity contribution in [2.45, 2.75) is 0 Å². The summed E-state index contributed by atoms with van der Waals surface area (Å²) >= 11 is 1.54. The Hall–Kier alpha value is -2.27. The van der Waals surface area contributed by atoms with Crippen molar-refractivity contribution < 1.29 is 9.90 Å². The first-order valence-electron chi connectivity index (χ1n) is 5.28. The molecule has 0 saturated carbocycles. The zero-order valence-corrected chi connectivity index (χ0v) is 10.0. The summed E-state index contributed by atoms with van der Waals surface area (Å²) in [4.78, 5) is 19.3. The molecule has 0 aliphatic rings. The molecule has 0 aliphatic carbocycles. The highest BCUT2D eigenvalue weighted by Crippen LogP contribution is 2.30. The molecule has 1 N–H and O–H groups in total. The summed E-state index contributed by atoms with van der Waals surface area (Å²) in [5.41, 5.74) is 1.96. The zero-order valence-electron chi connectivity index (χ0n) is 9.20. The molecular weight excluding hydrogens is 248 g/mol. The summed E-state index contributed by atoms with van der Waals surface area (Å²) in [6.07, 6.45) is 3.42. The summed E-state index contributed by atoms with van der Waals surface area (Å²) in [5.74, 6) is -0.935. The van der Waals surface area contributed by atoms with Crippen molar-refractivity contribution in [1.29, 1.82) is 0 Å². The molecule has 3 aromatic rings. The molecule has 18 heavy (non-hydrogen) atoms. The number of nitrogens with zero attached hydrogens (tertiary/aromatic N) is 2. The number of benzene rings is 1. The fraction of sp³-hybridized carbons (Fsp3) is 0. The number of rotatable bonds is 2. The van der Waals surface area contributed by atoms with Crippen molar-refractivity contribution in [3.05, 3.63) is 48.3 Å². The Kier molecular flexibility index (Phi) is 2.53. The first kappa shape index (κ1) is 10.9. The quantitative estimate of drug-likeness (QED) is 0.765. The zero-order chi connectivity index (χ0) is 12.5. The van der Waals surface area contributed by atoms with Gasteiger partial charge in [0.1, 0.15) is 5.01 Å². The average molecular weight is 256 g/mol. The molecule has 88 valence electrons. The monoisotopic (exact) mass is 256 g/mol. The molecule has 0 atom stereocenters. The van der Waals surface area contributed by atoms with Gasteiger partial charge in [0.2, 0.25) is 0 Å². The topological polar surface area (TPSA) is 63.1 Å². The predicted octanol–water partition coefficient (Wildman–Crippen LogP) is 3.06. The number of carboxylic acids is 1. The molecule has 4 nitrogen and oxygen atoms in total. The lowest BCUT2D eigenvalue weighted by molar-refractivity contribution is 0.0697. The second kappa shape index (κ2) is 4.19. The van der Waals surface area contributed by atoms with Crippen molar-refractivity contribution in [3.63, 3.8) is 0 Å². The van der Waals surface area contributed by atoms with Crippen molar-refractivity contribution in [1.82, 2.24) is 9.97 Å². The van der Waals surface area contributed by atoms with Gasteiger partial charge < -0.3 is 5.11 Å². The number of thiazole rings is 1. The minimum absolute atomic E-state index is 0.258. The van der Waals surface area contributed by atoms with Gasteiger partial charge >= 0.3 is 5.97 Å². The van der Waals surface area contributed by atoms with Crippen LogP contribution in [0.1, 0.15) is 10.4 Å². The number of aromatic carboxylic acids is 1.